The molecule has 0 spiro atoms. The monoisotopic (exact) mass is 287 g/mol. The molecule has 0 saturated heterocycles. The SMILES string of the molecule is CC(NC(=O)c1cc2cc(N)ccc2o1)c1nccs1. The lowest BCUT2D eigenvalue weighted by molar-refractivity contribution is 0.0914. The fourth-order valence-corrected chi connectivity index (χ4v) is 2.60. The van der Waals surface area contributed by atoms with Crippen LogP contribution < -0.4 is 11.1 Å². The Balaban J connectivity index is 1.82. The number of hydrogen-bond donors (Lipinski definition) is 2. The molecule has 0 fully saturated rings. The normalized spacial score (nSPS) is 12.4. The van der Waals surface area contributed by atoms with Gasteiger partial charge >= 0.3 is 0 Å². The van der Waals surface area contributed by atoms with Gasteiger partial charge in [0.05, 0.1) is 6.04 Å². The fraction of sp³-hybridized carbons (Fsp3) is 0.143. The number of thiazole rings is 1. The largest absolute Gasteiger partial charge is 0.451 e. The Morgan fingerprint density at radius 3 is 3.05 bits per heavy atom. The van der Waals surface area contributed by atoms with Gasteiger partial charge in [-0.15, -0.1) is 11.3 Å². The van der Waals surface area contributed by atoms with Gasteiger partial charge in [0.25, 0.3) is 5.91 Å². The van der Waals surface area contributed by atoms with E-state index in [2.05, 4.69) is 10.3 Å². The third-order valence-electron chi connectivity index (χ3n) is 2.93. The molecule has 1 unspecified atom stereocenters. The highest BCUT2D eigenvalue weighted by Crippen LogP contribution is 2.22. The molecule has 102 valence electrons. The van der Waals surface area contributed by atoms with E-state index in [1.54, 1.807) is 30.5 Å². The lowest BCUT2D eigenvalue weighted by Crippen LogP contribution is -2.26. The molecule has 0 aliphatic rings. The van der Waals surface area contributed by atoms with Crippen molar-refractivity contribution >= 4 is 33.9 Å². The Morgan fingerprint density at radius 1 is 1.45 bits per heavy atom. The van der Waals surface area contributed by atoms with Crippen molar-refractivity contribution in [2.24, 2.45) is 0 Å². The molecule has 2 aromatic heterocycles. The number of nitrogens with two attached hydrogens (primary N) is 1. The van der Waals surface area contributed by atoms with Crippen LogP contribution in [0.4, 0.5) is 5.69 Å². The molecule has 0 saturated carbocycles. The summed E-state index contributed by atoms with van der Waals surface area (Å²) in [5, 5.41) is 6.41. The van der Waals surface area contributed by atoms with E-state index in [0.717, 1.165) is 10.4 Å². The lowest BCUT2D eigenvalue weighted by Gasteiger charge is -2.09. The van der Waals surface area contributed by atoms with Gasteiger partial charge in [0.2, 0.25) is 0 Å². The zero-order valence-corrected chi connectivity index (χ0v) is 11.6. The number of fused-ring (bicyclic) bond motifs is 1. The Kier molecular flexibility index (Phi) is 3.15. The summed E-state index contributed by atoms with van der Waals surface area (Å²) in [6.45, 7) is 1.89. The van der Waals surface area contributed by atoms with Gasteiger partial charge in [-0.1, -0.05) is 0 Å². The molecule has 6 heteroatoms. The minimum atomic E-state index is -0.262. The molecular weight excluding hydrogens is 274 g/mol. The average molecular weight is 287 g/mol. The molecule has 1 aromatic carbocycles. The highest BCUT2D eigenvalue weighted by molar-refractivity contribution is 7.09. The summed E-state index contributed by atoms with van der Waals surface area (Å²) in [5.74, 6) is 0.0106. The standard InChI is InChI=1S/C14H13N3O2S/c1-8(14-16-4-5-20-14)17-13(18)12-7-9-6-10(15)2-3-11(9)19-12/h2-8H,15H2,1H3,(H,17,18). The summed E-state index contributed by atoms with van der Waals surface area (Å²) >= 11 is 1.50. The zero-order valence-electron chi connectivity index (χ0n) is 10.8. The van der Waals surface area contributed by atoms with E-state index in [-0.39, 0.29) is 17.7 Å². The van der Waals surface area contributed by atoms with Gasteiger partial charge in [-0.2, -0.15) is 0 Å². The lowest BCUT2D eigenvalue weighted by atomic mass is 10.2. The second-order valence-corrected chi connectivity index (χ2v) is 5.40. The number of nitrogens with one attached hydrogen (secondary N) is 1. The minimum Gasteiger partial charge on any atom is -0.451 e. The fourth-order valence-electron chi connectivity index (χ4n) is 1.95. The van der Waals surface area contributed by atoms with Gasteiger partial charge in [0.1, 0.15) is 10.6 Å². The van der Waals surface area contributed by atoms with Crippen LogP contribution in [0.1, 0.15) is 28.5 Å². The van der Waals surface area contributed by atoms with Gasteiger partial charge in [-0.05, 0) is 31.2 Å². The predicted octanol–water partition coefficient (Wildman–Crippen LogP) is 2.96. The van der Waals surface area contributed by atoms with Crippen LogP contribution >= 0.6 is 11.3 Å². The first-order valence-corrected chi connectivity index (χ1v) is 7.01. The van der Waals surface area contributed by atoms with E-state index in [4.69, 9.17) is 10.2 Å². The van der Waals surface area contributed by atoms with Crippen LogP contribution in [0.3, 0.4) is 0 Å². The maximum atomic E-state index is 12.1. The first-order valence-electron chi connectivity index (χ1n) is 6.13. The molecule has 0 aliphatic heterocycles. The predicted molar refractivity (Wildman–Crippen MR) is 78.6 cm³/mol. The first kappa shape index (κ1) is 12.7. The molecule has 3 aromatic rings. The number of nitrogen functional groups attached to an aromatic ring is 1. The maximum absolute atomic E-state index is 12.1. The second-order valence-electron chi connectivity index (χ2n) is 4.47. The van der Waals surface area contributed by atoms with Gasteiger partial charge in [0, 0.05) is 22.7 Å². The average Bonchev–Trinajstić information content (AvgIpc) is 3.07. The number of amides is 1. The van der Waals surface area contributed by atoms with E-state index >= 15 is 0 Å². The highest BCUT2D eigenvalue weighted by atomic mass is 32.1. The number of aromatic nitrogens is 1. The van der Waals surface area contributed by atoms with Gasteiger partial charge in [0.15, 0.2) is 5.76 Å². The van der Waals surface area contributed by atoms with E-state index in [1.807, 2.05) is 12.3 Å². The topological polar surface area (TPSA) is 81.2 Å². The third kappa shape index (κ3) is 2.37. The summed E-state index contributed by atoms with van der Waals surface area (Å²) in [4.78, 5) is 16.3. The first-order chi connectivity index (χ1) is 9.63. The number of rotatable bonds is 3. The van der Waals surface area contributed by atoms with Crippen LogP contribution in [-0.4, -0.2) is 10.9 Å². The van der Waals surface area contributed by atoms with E-state index in [1.165, 1.54) is 11.3 Å². The number of nitrogens with zero attached hydrogens (tertiary/aromatic N) is 1. The summed E-state index contributed by atoms with van der Waals surface area (Å²) < 4.78 is 5.52. The van der Waals surface area contributed by atoms with Gasteiger partial charge < -0.3 is 15.5 Å². The van der Waals surface area contributed by atoms with Crippen molar-refractivity contribution in [3.8, 4) is 0 Å². The van der Waals surface area contributed by atoms with Gasteiger partial charge in [-0.3, -0.25) is 4.79 Å². The Bertz CT molecular complexity index is 749. The Hall–Kier alpha value is -2.34. The van der Waals surface area contributed by atoms with Crippen molar-refractivity contribution in [2.75, 3.05) is 5.73 Å². The van der Waals surface area contributed by atoms with Crippen LogP contribution in [0, 0.1) is 0 Å². The number of anilines is 1. The number of hydrogen-bond acceptors (Lipinski definition) is 5. The maximum Gasteiger partial charge on any atom is 0.287 e. The molecule has 20 heavy (non-hydrogen) atoms. The van der Waals surface area contributed by atoms with Crippen molar-refractivity contribution < 1.29 is 9.21 Å². The molecular formula is C14H13N3O2S. The van der Waals surface area contributed by atoms with Crippen molar-refractivity contribution in [1.82, 2.24) is 10.3 Å². The number of carbonyl (C=O) groups excluding carboxylic acids is 1. The molecule has 0 bridgehead atoms. The van der Waals surface area contributed by atoms with Crippen LogP contribution in [0.25, 0.3) is 11.0 Å². The quantitative estimate of drug-likeness (QED) is 0.726. The van der Waals surface area contributed by atoms with Gasteiger partial charge in [-0.25, -0.2) is 4.98 Å². The van der Waals surface area contributed by atoms with Crippen molar-refractivity contribution in [2.45, 2.75) is 13.0 Å². The highest BCUT2D eigenvalue weighted by Gasteiger charge is 2.16. The van der Waals surface area contributed by atoms with Crippen molar-refractivity contribution in [1.29, 1.82) is 0 Å². The third-order valence-corrected chi connectivity index (χ3v) is 3.89. The smallest absolute Gasteiger partial charge is 0.287 e. The molecule has 3 rings (SSSR count). The summed E-state index contributed by atoms with van der Waals surface area (Å²) in [6, 6.07) is 6.81. The molecule has 2 heterocycles. The van der Waals surface area contributed by atoms with E-state index < -0.39 is 0 Å². The molecule has 1 amide bonds. The van der Waals surface area contributed by atoms with Crippen LogP contribution in [0.2, 0.25) is 0 Å². The molecule has 0 radical (unpaired) electrons. The van der Waals surface area contributed by atoms with E-state index in [0.29, 0.717) is 11.3 Å². The zero-order chi connectivity index (χ0) is 14.1. The molecule has 0 aliphatic carbocycles. The van der Waals surface area contributed by atoms with Crippen molar-refractivity contribution in [3.05, 3.63) is 46.6 Å². The van der Waals surface area contributed by atoms with Crippen LogP contribution in [0.15, 0.2) is 40.3 Å². The number of benzene rings is 1. The van der Waals surface area contributed by atoms with Crippen LogP contribution in [-0.2, 0) is 0 Å². The number of furan rings is 1. The van der Waals surface area contributed by atoms with Crippen molar-refractivity contribution in [3.63, 3.8) is 0 Å². The summed E-state index contributed by atoms with van der Waals surface area (Å²) in [5.41, 5.74) is 6.99. The van der Waals surface area contributed by atoms with E-state index in [9.17, 15) is 4.79 Å². The van der Waals surface area contributed by atoms with Crippen LogP contribution in [0.5, 0.6) is 0 Å². The Morgan fingerprint density at radius 2 is 2.30 bits per heavy atom. The second kappa shape index (κ2) is 4.97. The summed E-state index contributed by atoms with van der Waals surface area (Å²) in [6.07, 6.45) is 1.71. The Labute approximate surface area is 119 Å². The number of carbonyl (C=O) groups is 1. The molecule has 3 N–H and O–H groups in total. The summed E-state index contributed by atoms with van der Waals surface area (Å²) in [7, 11) is 0. The molecule has 1 atom stereocenters. The molecule has 5 nitrogen and oxygen atoms in total. The minimum absolute atomic E-state index is 0.152.